The van der Waals surface area contributed by atoms with Crippen molar-refractivity contribution in [2.24, 2.45) is 11.8 Å². The van der Waals surface area contributed by atoms with Crippen LogP contribution in [0.25, 0.3) is 11.4 Å². The number of amides is 1. The van der Waals surface area contributed by atoms with Gasteiger partial charge in [-0.15, -0.1) is 0 Å². The van der Waals surface area contributed by atoms with Gasteiger partial charge in [0.2, 0.25) is 17.6 Å². The fourth-order valence-electron chi connectivity index (χ4n) is 2.51. The van der Waals surface area contributed by atoms with E-state index in [0.717, 1.165) is 30.4 Å². The summed E-state index contributed by atoms with van der Waals surface area (Å²) >= 11 is 6.17. The van der Waals surface area contributed by atoms with Gasteiger partial charge in [-0.1, -0.05) is 49.2 Å². The molecule has 24 heavy (non-hydrogen) atoms. The van der Waals surface area contributed by atoms with Gasteiger partial charge < -0.3 is 9.84 Å². The third-order valence-electron chi connectivity index (χ3n) is 4.60. The van der Waals surface area contributed by atoms with Gasteiger partial charge in [0.05, 0.1) is 0 Å². The van der Waals surface area contributed by atoms with Gasteiger partial charge in [-0.25, -0.2) is 0 Å². The molecule has 0 unspecified atom stereocenters. The lowest BCUT2D eigenvalue weighted by Crippen LogP contribution is -2.33. The van der Waals surface area contributed by atoms with Crippen LogP contribution < -0.4 is 5.32 Å². The molecular formula is C18H22ClN3O2. The molecular weight excluding hydrogens is 326 g/mol. The van der Waals surface area contributed by atoms with E-state index >= 15 is 0 Å². The van der Waals surface area contributed by atoms with E-state index in [-0.39, 0.29) is 23.8 Å². The molecule has 1 aliphatic rings. The number of aromatic nitrogens is 2. The Kier molecular flexibility index (Phi) is 4.90. The second-order valence-corrected chi connectivity index (χ2v) is 6.97. The minimum Gasteiger partial charge on any atom is -0.344 e. The van der Waals surface area contributed by atoms with E-state index in [2.05, 4.69) is 29.3 Å². The zero-order valence-electron chi connectivity index (χ0n) is 14.2. The Morgan fingerprint density at radius 3 is 2.83 bits per heavy atom. The molecule has 1 fully saturated rings. The van der Waals surface area contributed by atoms with Gasteiger partial charge in [0.15, 0.2) is 0 Å². The van der Waals surface area contributed by atoms with Crippen molar-refractivity contribution in [3.05, 3.63) is 34.7 Å². The first-order valence-corrected chi connectivity index (χ1v) is 8.78. The maximum Gasteiger partial charge on any atom is 0.249 e. The van der Waals surface area contributed by atoms with E-state index < -0.39 is 0 Å². The number of rotatable bonds is 6. The van der Waals surface area contributed by atoms with Crippen molar-refractivity contribution in [3.63, 3.8) is 0 Å². The number of hydrogen-bond donors (Lipinski definition) is 1. The van der Waals surface area contributed by atoms with Gasteiger partial charge in [0.1, 0.15) is 6.04 Å². The van der Waals surface area contributed by atoms with E-state index in [9.17, 15) is 4.79 Å². The number of carbonyl (C=O) groups excluding carboxylic acids is 1. The highest BCUT2D eigenvalue weighted by Gasteiger charge is 2.34. The van der Waals surface area contributed by atoms with Crippen LogP contribution in [0.15, 0.2) is 22.7 Å². The van der Waals surface area contributed by atoms with E-state index in [1.54, 1.807) is 0 Å². The molecule has 0 spiro atoms. The number of aryl methyl sites for hydroxylation is 1. The average molecular weight is 348 g/mol. The Morgan fingerprint density at radius 1 is 1.46 bits per heavy atom. The monoisotopic (exact) mass is 347 g/mol. The van der Waals surface area contributed by atoms with E-state index in [4.69, 9.17) is 16.1 Å². The highest BCUT2D eigenvalue weighted by Crippen LogP contribution is 2.32. The Hall–Kier alpha value is -1.88. The van der Waals surface area contributed by atoms with Gasteiger partial charge >= 0.3 is 0 Å². The Labute approximate surface area is 146 Å². The molecule has 1 amide bonds. The number of halogens is 1. The Bertz CT molecular complexity index is 740. The number of nitrogens with zero attached hydrogens (tertiary/aromatic N) is 2. The smallest absolute Gasteiger partial charge is 0.249 e. The number of carbonyl (C=O) groups is 1. The molecule has 1 aromatic heterocycles. The molecule has 1 heterocycles. The van der Waals surface area contributed by atoms with Gasteiger partial charge in [-0.3, -0.25) is 4.79 Å². The molecule has 3 rings (SSSR count). The van der Waals surface area contributed by atoms with Gasteiger partial charge in [-0.05, 0) is 37.3 Å². The van der Waals surface area contributed by atoms with Crippen LogP contribution in [-0.2, 0) is 4.79 Å². The van der Waals surface area contributed by atoms with E-state index in [1.165, 1.54) is 0 Å². The lowest BCUT2D eigenvalue weighted by atomic mass is 9.98. The second-order valence-electron chi connectivity index (χ2n) is 6.57. The molecule has 1 aromatic carbocycles. The average Bonchev–Trinajstić information content (AvgIpc) is 3.32. The molecule has 0 bridgehead atoms. The van der Waals surface area contributed by atoms with Gasteiger partial charge in [0.25, 0.3) is 0 Å². The third kappa shape index (κ3) is 3.61. The molecule has 1 N–H and O–H groups in total. The topological polar surface area (TPSA) is 68.0 Å². The molecule has 2 aromatic rings. The van der Waals surface area contributed by atoms with Crippen molar-refractivity contribution in [1.82, 2.24) is 15.5 Å². The quantitative estimate of drug-likeness (QED) is 0.845. The van der Waals surface area contributed by atoms with Crippen molar-refractivity contribution in [3.8, 4) is 11.4 Å². The summed E-state index contributed by atoms with van der Waals surface area (Å²) in [6, 6.07) is 5.41. The maximum atomic E-state index is 12.1. The molecule has 0 saturated heterocycles. The summed E-state index contributed by atoms with van der Waals surface area (Å²) in [6.07, 6.45) is 2.84. The van der Waals surface area contributed by atoms with Crippen LogP contribution in [0.4, 0.5) is 0 Å². The first-order valence-electron chi connectivity index (χ1n) is 8.40. The van der Waals surface area contributed by atoms with E-state index in [0.29, 0.717) is 16.7 Å². The largest absolute Gasteiger partial charge is 0.344 e. The Balaban J connectivity index is 1.84. The molecule has 5 nitrogen and oxygen atoms in total. The van der Waals surface area contributed by atoms with Crippen molar-refractivity contribution in [2.45, 2.75) is 46.1 Å². The summed E-state index contributed by atoms with van der Waals surface area (Å²) in [7, 11) is 0. The third-order valence-corrected chi connectivity index (χ3v) is 5.00. The maximum absolute atomic E-state index is 12.1. The SMILES string of the molecule is CC[C@H](C)[C@H](NC(=O)C1CC1)c1nc(-c2ccc(C)c(Cl)c2)no1. The fourth-order valence-corrected chi connectivity index (χ4v) is 2.69. The number of hydrogen-bond acceptors (Lipinski definition) is 4. The Morgan fingerprint density at radius 2 is 2.21 bits per heavy atom. The molecule has 6 heteroatoms. The lowest BCUT2D eigenvalue weighted by molar-refractivity contribution is -0.123. The van der Waals surface area contributed by atoms with Crippen LogP contribution in [0.1, 0.15) is 50.6 Å². The van der Waals surface area contributed by atoms with Crippen LogP contribution in [-0.4, -0.2) is 16.0 Å². The summed E-state index contributed by atoms with van der Waals surface area (Å²) in [5.74, 6) is 1.38. The summed E-state index contributed by atoms with van der Waals surface area (Å²) in [6.45, 7) is 6.10. The predicted octanol–water partition coefficient (Wildman–Crippen LogP) is 4.31. The summed E-state index contributed by atoms with van der Waals surface area (Å²) in [4.78, 5) is 16.7. The molecule has 0 radical (unpaired) electrons. The highest BCUT2D eigenvalue weighted by molar-refractivity contribution is 6.31. The van der Waals surface area contributed by atoms with Crippen molar-refractivity contribution in [2.75, 3.05) is 0 Å². The number of benzene rings is 1. The van der Waals surface area contributed by atoms with Crippen LogP contribution in [0.2, 0.25) is 5.02 Å². The first kappa shape index (κ1) is 17.0. The van der Waals surface area contributed by atoms with Crippen LogP contribution in [0, 0.1) is 18.8 Å². The van der Waals surface area contributed by atoms with Crippen molar-refractivity contribution < 1.29 is 9.32 Å². The van der Waals surface area contributed by atoms with Gasteiger partial charge in [0, 0.05) is 16.5 Å². The molecule has 2 atom stereocenters. The van der Waals surface area contributed by atoms with Crippen LogP contribution >= 0.6 is 11.6 Å². The normalized spacial score (nSPS) is 16.7. The zero-order valence-corrected chi connectivity index (χ0v) is 14.9. The second kappa shape index (κ2) is 6.93. The highest BCUT2D eigenvalue weighted by atomic mass is 35.5. The van der Waals surface area contributed by atoms with Crippen molar-refractivity contribution >= 4 is 17.5 Å². The minimum absolute atomic E-state index is 0.0819. The molecule has 0 aliphatic heterocycles. The van der Waals surface area contributed by atoms with Crippen molar-refractivity contribution in [1.29, 1.82) is 0 Å². The first-order chi connectivity index (χ1) is 11.5. The molecule has 1 aliphatic carbocycles. The van der Waals surface area contributed by atoms with E-state index in [1.807, 2.05) is 25.1 Å². The lowest BCUT2D eigenvalue weighted by Gasteiger charge is -2.20. The zero-order chi connectivity index (χ0) is 17.3. The molecule has 128 valence electrons. The fraction of sp³-hybridized carbons (Fsp3) is 0.500. The van der Waals surface area contributed by atoms with Gasteiger partial charge in [-0.2, -0.15) is 4.98 Å². The van der Waals surface area contributed by atoms with Crippen LogP contribution in [0.5, 0.6) is 0 Å². The standard InChI is InChI=1S/C18H22ClN3O2/c1-4-10(2)15(20-17(23)12-7-8-12)18-21-16(22-24-18)13-6-5-11(3)14(19)9-13/h5-6,9-10,12,15H,4,7-8H2,1-3H3,(H,20,23)/t10-,15-/m0/s1. The summed E-state index contributed by atoms with van der Waals surface area (Å²) in [5.41, 5.74) is 1.80. The minimum atomic E-state index is -0.259. The summed E-state index contributed by atoms with van der Waals surface area (Å²) < 4.78 is 5.46. The van der Waals surface area contributed by atoms with Crippen LogP contribution in [0.3, 0.4) is 0 Å². The number of nitrogens with one attached hydrogen (secondary N) is 1. The summed E-state index contributed by atoms with van der Waals surface area (Å²) in [5, 5.41) is 7.80. The molecule has 1 saturated carbocycles. The predicted molar refractivity (Wildman–Crippen MR) is 92.5 cm³/mol.